The monoisotopic (exact) mass is 450 g/mol. The summed E-state index contributed by atoms with van der Waals surface area (Å²) in [5.41, 5.74) is 0.384. The van der Waals surface area contributed by atoms with Crippen LogP contribution >= 0.6 is 35.0 Å². The van der Waals surface area contributed by atoms with Crippen LogP contribution in [0, 0.1) is 5.92 Å². The molecule has 1 aromatic carbocycles. The average molecular weight is 451 g/mol. The Morgan fingerprint density at radius 2 is 1.90 bits per heavy atom. The molecule has 0 bridgehead atoms. The highest BCUT2D eigenvalue weighted by molar-refractivity contribution is 8.00. The number of fused-ring (bicyclic) bond motifs is 1. The van der Waals surface area contributed by atoms with Gasteiger partial charge in [-0.05, 0) is 43.2 Å². The smallest absolute Gasteiger partial charge is 0.262 e. The number of amides is 1. The first-order chi connectivity index (χ1) is 13.7. The van der Waals surface area contributed by atoms with Crippen LogP contribution in [0.2, 0.25) is 10.0 Å². The van der Waals surface area contributed by atoms with Crippen molar-refractivity contribution in [1.29, 1.82) is 0 Å². The minimum atomic E-state index is -0.498. The van der Waals surface area contributed by atoms with Gasteiger partial charge in [-0.3, -0.25) is 14.2 Å². The molecule has 0 spiro atoms. The predicted octanol–water partition coefficient (Wildman–Crippen LogP) is 4.87. The Labute approximate surface area is 182 Å². The number of nitrogens with zero attached hydrogens (tertiary/aromatic N) is 3. The fraction of sp³-hybridized carbons (Fsp3) is 0.300. The molecule has 6 nitrogen and oxygen atoms in total. The van der Waals surface area contributed by atoms with Crippen LogP contribution in [-0.2, 0) is 11.3 Å². The molecular formula is C20H20Cl2N4O2S. The van der Waals surface area contributed by atoms with Crippen molar-refractivity contribution in [1.82, 2.24) is 14.5 Å². The van der Waals surface area contributed by atoms with Gasteiger partial charge in [0.05, 0.1) is 21.2 Å². The third kappa shape index (κ3) is 5.29. The van der Waals surface area contributed by atoms with Crippen LogP contribution in [0.25, 0.3) is 10.9 Å². The fourth-order valence-electron chi connectivity index (χ4n) is 2.68. The summed E-state index contributed by atoms with van der Waals surface area (Å²) in [4.78, 5) is 34.3. The molecule has 152 valence electrons. The number of benzene rings is 1. The number of aromatic nitrogens is 3. The summed E-state index contributed by atoms with van der Waals surface area (Å²) >= 11 is 13.1. The first kappa shape index (κ1) is 21.6. The van der Waals surface area contributed by atoms with Gasteiger partial charge < -0.3 is 5.32 Å². The minimum absolute atomic E-state index is 0.166. The summed E-state index contributed by atoms with van der Waals surface area (Å²) in [6.45, 7) is 6.29. The van der Waals surface area contributed by atoms with Crippen LogP contribution in [0.4, 0.5) is 5.82 Å². The number of nitrogens with one attached hydrogen (secondary N) is 1. The molecular weight excluding hydrogens is 431 g/mol. The number of thioether (sulfide) groups is 1. The zero-order chi connectivity index (χ0) is 21.1. The molecule has 3 rings (SSSR count). The van der Waals surface area contributed by atoms with E-state index in [4.69, 9.17) is 23.2 Å². The maximum atomic E-state index is 13.0. The molecule has 9 heteroatoms. The Kier molecular flexibility index (Phi) is 6.82. The first-order valence-electron chi connectivity index (χ1n) is 9.03. The van der Waals surface area contributed by atoms with Crippen LogP contribution in [0.5, 0.6) is 0 Å². The van der Waals surface area contributed by atoms with Crippen molar-refractivity contribution >= 4 is 57.6 Å². The quantitative estimate of drug-likeness (QED) is 0.427. The Morgan fingerprint density at radius 1 is 1.17 bits per heavy atom. The topological polar surface area (TPSA) is 76.9 Å². The van der Waals surface area contributed by atoms with Gasteiger partial charge in [-0.15, -0.1) is 0 Å². The van der Waals surface area contributed by atoms with E-state index in [1.165, 1.54) is 18.0 Å². The van der Waals surface area contributed by atoms with Crippen molar-refractivity contribution in [2.24, 2.45) is 5.92 Å². The molecule has 0 saturated heterocycles. The largest absolute Gasteiger partial charge is 0.310 e. The molecule has 0 fully saturated rings. The zero-order valence-electron chi connectivity index (χ0n) is 16.1. The highest BCUT2D eigenvalue weighted by Gasteiger charge is 2.20. The summed E-state index contributed by atoms with van der Waals surface area (Å²) in [6, 6.07) is 8.31. The molecule has 1 amide bonds. The Bertz CT molecular complexity index is 1100. The van der Waals surface area contributed by atoms with E-state index in [0.717, 1.165) is 0 Å². The van der Waals surface area contributed by atoms with Crippen LogP contribution in [0.15, 0.2) is 46.5 Å². The lowest BCUT2D eigenvalue weighted by Crippen LogP contribution is -2.28. The number of carbonyl (C=O) groups is 1. The summed E-state index contributed by atoms with van der Waals surface area (Å²) in [6.07, 6.45) is 1.46. The summed E-state index contributed by atoms with van der Waals surface area (Å²) in [5, 5.41) is 4.17. The summed E-state index contributed by atoms with van der Waals surface area (Å²) < 4.78 is 1.61. The molecule has 0 aliphatic carbocycles. The van der Waals surface area contributed by atoms with E-state index in [0.29, 0.717) is 38.5 Å². The van der Waals surface area contributed by atoms with E-state index < -0.39 is 5.25 Å². The Morgan fingerprint density at radius 3 is 2.55 bits per heavy atom. The molecule has 2 aromatic heterocycles. The highest BCUT2D eigenvalue weighted by atomic mass is 35.5. The van der Waals surface area contributed by atoms with Crippen molar-refractivity contribution in [2.75, 3.05) is 5.32 Å². The van der Waals surface area contributed by atoms with Crippen LogP contribution < -0.4 is 10.9 Å². The molecule has 29 heavy (non-hydrogen) atoms. The maximum Gasteiger partial charge on any atom is 0.262 e. The fourth-order valence-corrected chi connectivity index (χ4v) is 3.88. The molecule has 3 aromatic rings. The molecule has 2 heterocycles. The van der Waals surface area contributed by atoms with Crippen LogP contribution in [0.1, 0.15) is 20.8 Å². The summed E-state index contributed by atoms with van der Waals surface area (Å²) in [7, 11) is 0. The van der Waals surface area contributed by atoms with Crippen molar-refractivity contribution < 1.29 is 4.79 Å². The predicted molar refractivity (Wildman–Crippen MR) is 119 cm³/mol. The molecule has 0 unspecified atom stereocenters. The first-order valence-corrected chi connectivity index (χ1v) is 10.7. The lowest BCUT2D eigenvalue weighted by molar-refractivity contribution is -0.115. The van der Waals surface area contributed by atoms with Crippen molar-refractivity contribution in [3.8, 4) is 0 Å². The second-order valence-corrected chi connectivity index (χ2v) is 9.16. The van der Waals surface area contributed by atoms with Gasteiger partial charge in [0.2, 0.25) is 5.91 Å². The average Bonchev–Trinajstić information content (AvgIpc) is 2.67. The number of anilines is 1. The van der Waals surface area contributed by atoms with E-state index in [-0.39, 0.29) is 17.4 Å². The number of halogens is 2. The third-order valence-electron chi connectivity index (χ3n) is 4.06. The lowest BCUT2D eigenvalue weighted by Gasteiger charge is -2.17. The molecule has 0 saturated carbocycles. The Hall–Kier alpha value is -2.09. The second-order valence-electron chi connectivity index (χ2n) is 6.98. The van der Waals surface area contributed by atoms with E-state index in [9.17, 15) is 9.59 Å². The van der Waals surface area contributed by atoms with Crippen molar-refractivity contribution in [3.05, 3.63) is 56.9 Å². The van der Waals surface area contributed by atoms with Gasteiger partial charge in [-0.2, -0.15) is 0 Å². The maximum absolute atomic E-state index is 13.0. The van der Waals surface area contributed by atoms with Gasteiger partial charge in [-0.1, -0.05) is 48.8 Å². The number of hydrogen-bond acceptors (Lipinski definition) is 5. The molecule has 0 radical (unpaired) electrons. The van der Waals surface area contributed by atoms with Gasteiger partial charge in [0.1, 0.15) is 5.82 Å². The van der Waals surface area contributed by atoms with Gasteiger partial charge in [-0.25, -0.2) is 9.97 Å². The SMILES string of the molecule is CC(C)Cn1c(S[C@H](C)C(=O)Nc2ccc(Cl)cn2)nc2ccc(Cl)cc2c1=O. The van der Waals surface area contributed by atoms with Crippen LogP contribution in [0.3, 0.4) is 0 Å². The number of rotatable bonds is 6. The molecule has 1 N–H and O–H groups in total. The molecule has 0 aliphatic heterocycles. The number of pyridine rings is 1. The molecule has 1 atom stereocenters. The van der Waals surface area contributed by atoms with Gasteiger partial charge in [0.25, 0.3) is 5.56 Å². The van der Waals surface area contributed by atoms with Crippen molar-refractivity contribution in [2.45, 2.75) is 37.7 Å². The Balaban J connectivity index is 1.91. The van der Waals surface area contributed by atoms with E-state index in [1.54, 1.807) is 41.8 Å². The number of carbonyl (C=O) groups excluding carboxylic acids is 1. The van der Waals surface area contributed by atoms with Gasteiger partial charge in [0, 0.05) is 17.8 Å². The third-order valence-corrected chi connectivity index (χ3v) is 5.61. The minimum Gasteiger partial charge on any atom is -0.310 e. The van der Waals surface area contributed by atoms with Crippen molar-refractivity contribution in [3.63, 3.8) is 0 Å². The second kappa shape index (κ2) is 9.15. The lowest BCUT2D eigenvalue weighted by atomic mass is 10.2. The summed E-state index contributed by atoms with van der Waals surface area (Å²) in [5.74, 6) is 0.395. The zero-order valence-corrected chi connectivity index (χ0v) is 18.5. The van der Waals surface area contributed by atoms with E-state index in [2.05, 4.69) is 15.3 Å². The normalized spacial score (nSPS) is 12.3. The van der Waals surface area contributed by atoms with Gasteiger partial charge >= 0.3 is 0 Å². The van der Waals surface area contributed by atoms with Gasteiger partial charge in [0.15, 0.2) is 5.16 Å². The van der Waals surface area contributed by atoms with E-state index in [1.807, 2.05) is 13.8 Å². The number of hydrogen-bond donors (Lipinski definition) is 1. The standard InChI is InChI=1S/C20H20Cl2N4O2S/c1-11(2)10-26-19(28)15-8-13(21)4-6-16(15)24-20(26)29-12(3)18(27)25-17-7-5-14(22)9-23-17/h4-9,11-12H,10H2,1-3H3,(H,23,25,27)/t12-/m1/s1. The van der Waals surface area contributed by atoms with E-state index >= 15 is 0 Å². The van der Waals surface area contributed by atoms with Crippen LogP contribution in [-0.4, -0.2) is 25.7 Å². The molecule has 0 aliphatic rings. The highest BCUT2D eigenvalue weighted by Crippen LogP contribution is 2.25.